The van der Waals surface area contributed by atoms with E-state index < -0.39 is 0 Å². The van der Waals surface area contributed by atoms with Crippen molar-refractivity contribution < 1.29 is 4.79 Å². The van der Waals surface area contributed by atoms with Gasteiger partial charge in [-0.15, -0.1) is 0 Å². The lowest BCUT2D eigenvalue weighted by Gasteiger charge is -2.34. The number of amides is 1. The van der Waals surface area contributed by atoms with Crippen LogP contribution in [-0.2, 0) is 0 Å². The van der Waals surface area contributed by atoms with E-state index in [9.17, 15) is 4.79 Å². The van der Waals surface area contributed by atoms with Crippen LogP contribution in [0.2, 0.25) is 5.02 Å². The molecule has 1 aliphatic rings. The fraction of sp³-hybridized carbons (Fsp3) is 0.417. The number of benzene rings is 1. The number of carbonyl (C=O) groups excluding carboxylic acids is 1. The van der Waals surface area contributed by atoms with E-state index in [0.717, 1.165) is 17.3 Å². The molecule has 1 aromatic carbocycles. The Bertz CT molecular complexity index is 417. The first-order chi connectivity index (χ1) is 7.59. The molecular weight excluding hydrogens is 289 g/mol. The first-order valence-corrected chi connectivity index (χ1v) is 6.49. The second-order valence-electron chi connectivity index (χ2n) is 4.13. The third-order valence-corrected chi connectivity index (χ3v) is 4.32. The van der Waals surface area contributed by atoms with E-state index in [-0.39, 0.29) is 5.91 Å². The average Bonchev–Trinajstić information content (AvgIpc) is 2.18. The molecule has 0 bridgehead atoms. The van der Waals surface area contributed by atoms with Gasteiger partial charge in [0.2, 0.25) is 0 Å². The summed E-state index contributed by atoms with van der Waals surface area (Å²) in [6.07, 6.45) is 3.47. The topological polar surface area (TPSA) is 20.3 Å². The fourth-order valence-electron chi connectivity index (χ4n) is 1.77. The standard InChI is InChI=1S/C12H13BrClNO/c1-15(9-3-2-4-9)12(16)8-5-6-11(14)10(13)7-8/h5-7,9H,2-4H2,1H3. The van der Waals surface area contributed by atoms with Crippen LogP contribution in [0.3, 0.4) is 0 Å². The van der Waals surface area contributed by atoms with Gasteiger partial charge in [-0.3, -0.25) is 4.79 Å². The quantitative estimate of drug-likeness (QED) is 0.815. The van der Waals surface area contributed by atoms with E-state index in [0.29, 0.717) is 16.6 Å². The van der Waals surface area contributed by atoms with Crippen LogP contribution in [-0.4, -0.2) is 23.9 Å². The number of hydrogen-bond acceptors (Lipinski definition) is 1. The van der Waals surface area contributed by atoms with Crippen LogP contribution in [0.25, 0.3) is 0 Å². The summed E-state index contributed by atoms with van der Waals surface area (Å²) in [6.45, 7) is 0. The molecule has 86 valence electrons. The molecule has 4 heteroatoms. The van der Waals surface area contributed by atoms with Crippen molar-refractivity contribution in [2.75, 3.05) is 7.05 Å². The molecule has 0 radical (unpaired) electrons. The van der Waals surface area contributed by atoms with E-state index in [1.54, 1.807) is 18.2 Å². The van der Waals surface area contributed by atoms with Crippen molar-refractivity contribution in [1.29, 1.82) is 0 Å². The van der Waals surface area contributed by atoms with E-state index >= 15 is 0 Å². The molecule has 0 heterocycles. The van der Waals surface area contributed by atoms with Crippen molar-refractivity contribution in [2.24, 2.45) is 0 Å². The van der Waals surface area contributed by atoms with Gasteiger partial charge in [0.25, 0.3) is 5.91 Å². The van der Waals surface area contributed by atoms with Gasteiger partial charge in [0.05, 0.1) is 5.02 Å². The zero-order chi connectivity index (χ0) is 11.7. The normalized spacial score (nSPS) is 15.7. The highest BCUT2D eigenvalue weighted by molar-refractivity contribution is 9.10. The van der Waals surface area contributed by atoms with Crippen LogP contribution in [0.5, 0.6) is 0 Å². The molecule has 0 atom stereocenters. The third-order valence-electron chi connectivity index (χ3n) is 3.11. The highest BCUT2D eigenvalue weighted by Crippen LogP contribution is 2.27. The van der Waals surface area contributed by atoms with Gasteiger partial charge in [-0.25, -0.2) is 0 Å². The number of hydrogen-bond donors (Lipinski definition) is 0. The minimum Gasteiger partial charge on any atom is -0.339 e. The maximum atomic E-state index is 12.1. The monoisotopic (exact) mass is 301 g/mol. The molecule has 1 aliphatic carbocycles. The summed E-state index contributed by atoms with van der Waals surface area (Å²) in [4.78, 5) is 13.9. The maximum Gasteiger partial charge on any atom is 0.253 e. The minimum atomic E-state index is 0.0714. The van der Waals surface area contributed by atoms with Gasteiger partial charge in [-0.2, -0.15) is 0 Å². The summed E-state index contributed by atoms with van der Waals surface area (Å²) in [6, 6.07) is 5.71. The van der Waals surface area contributed by atoms with Crippen molar-refractivity contribution in [1.82, 2.24) is 4.90 Å². The van der Waals surface area contributed by atoms with Crippen molar-refractivity contribution >= 4 is 33.4 Å². The molecule has 2 rings (SSSR count). The Kier molecular flexibility index (Phi) is 3.55. The maximum absolute atomic E-state index is 12.1. The van der Waals surface area contributed by atoms with E-state index in [4.69, 9.17) is 11.6 Å². The van der Waals surface area contributed by atoms with Gasteiger partial charge in [0.15, 0.2) is 0 Å². The van der Waals surface area contributed by atoms with Crippen LogP contribution >= 0.6 is 27.5 Å². The number of halogens is 2. The Morgan fingerprint density at radius 2 is 2.19 bits per heavy atom. The van der Waals surface area contributed by atoms with E-state index in [2.05, 4.69) is 15.9 Å². The summed E-state index contributed by atoms with van der Waals surface area (Å²) in [7, 11) is 1.87. The van der Waals surface area contributed by atoms with Crippen LogP contribution in [0, 0.1) is 0 Å². The van der Waals surface area contributed by atoms with Crippen molar-refractivity contribution in [3.05, 3.63) is 33.3 Å². The Hall–Kier alpha value is -0.540. The summed E-state index contributed by atoms with van der Waals surface area (Å²) in [5.74, 6) is 0.0714. The van der Waals surface area contributed by atoms with Crippen LogP contribution in [0.15, 0.2) is 22.7 Å². The predicted molar refractivity (Wildman–Crippen MR) is 68.9 cm³/mol. The smallest absolute Gasteiger partial charge is 0.253 e. The molecule has 16 heavy (non-hydrogen) atoms. The second kappa shape index (κ2) is 4.76. The molecule has 1 amide bonds. The van der Waals surface area contributed by atoms with Crippen molar-refractivity contribution in [3.63, 3.8) is 0 Å². The van der Waals surface area contributed by atoms with Crippen molar-refractivity contribution in [2.45, 2.75) is 25.3 Å². The molecule has 0 aliphatic heterocycles. The van der Waals surface area contributed by atoms with Crippen LogP contribution < -0.4 is 0 Å². The fourth-order valence-corrected chi connectivity index (χ4v) is 2.27. The van der Waals surface area contributed by atoms with Crippen LogP contribution in [0.1, 0.15) is 29.6 Å². The SMILES string of the molecule is CN(C(=O)c1ccc(Cl)c(Br)c1)C1CCC1. The molecule has 1 saturated carbocycles. The Balaban J connectivity index is 2.16. The van der Waals surface area contributed by atoms with Gasteiger partial charge >= 0.3 is 0 Å². The lowest BCUT2D eigenvalue weighted by molar-refractivity contribution is 0.0652. The van der Waals surface area contributed by atoms with Gasteiger partial charge in [0.1, 0.15) is 0 Å². The first kappa shape index (κ1) is 11.9. The Morgan fingerprint density at radius 3 is 2.69 bits per heavy atom. The largest absolute Gasteiger partial charge is 0.339 e. The summed E-state index contributed by atoms with van der Waals surface area (Å²) >= 11 is 9.22. The van der Waals surface area contributed by atoms with Crippen LogP contribution in [0.4, 0.5) is 0 Å². The molecule has 0 unspecified atom stereocenters. The van der Waals surface area contributed by atoms with Crippen molar-refractivity contribution in [3.8, 4) is 0 Å². The van der Waals surface area contributed by atoms with Gasteiger partial charge in [-0.05, 0) is 53.4 Å². The van der Waals surface area contributed by atoms with E-state index in [1.807, 2.05) is 11.9 Å². The highest BCUT2D eigenvalue weighted by atomic mass is 79.9. The molecule has 0 aromatic heterocycles. The summed E-state index contributed by atoms with van der Waals surface area (Å²) < 4.78 is 0.766. The molecule has 0 N–H and O–H groups in total. The van der Waals surface area contributed by atoms with Gasteiger partial charge in [0, 0.05) is 23.1 Å². The molecule has 1 aromatic rings. The molecule has 0 saturated heterocycles. The molecular formula is C12H13BrClNO. The first-order valence-electron chi connectivity index (χ1n) is 5.32. The van der Waals surface area contributed by atoms with Gasteiger partial charge in [-0.1, -0.05) is 11.6 Å². The second-order valence-corrected chi connectivity index (χ2v) is 5.39. The third kappa shape index (κ3) is 2.25. The van der Waals surface area contributed by atoms with E-state index in [1.165, 1.54) is 6.42 Å². The zero-order valence-electron chi connectivity index (χ0n) is 9.04. The van der Waals surface area contributed by atoms with Gasteiger partial charge < -0.3 is 4.90 Å². The Labute approximate surface area is 109 Å². The number of carbonyl (C=O) groups is 1. The Morgan fingerprint density at radius 1 is 1.50 bits per heavy atom. The molecule has 2 nitrogen and oxygen atoms in total. The lowest BCUT2D eigenvalue weighted by Crippen LogP contribution is -2.41. The highest BCUT2D eigenvalue weighted by Gasteiger charge is 2.26. The number of nitrogens with zero attached hydrogens (tertiary/aromatic N) is 1. The predicted octanol–water partition coefficient (Wildman–Crippen LogP) is 3.73. The number of rotatable bonds is 2. The zero-order valence-corrected chi connectivity index (χ0v) is 11.4. The summed E-state index contributed by atoms with van der Waals surface area (Å²) in [5, 5.41) is 0.628. The lowest BCUT2D eigenvalue weighted by atomic mass is 9.91. The summed E-state index contributed by atoms with van der Waals surface area (Å²) in [5.41, 5.74) is 0.686. The minimum absolute atomic E-state index is 0.0714. The average molecular weight is 303 g/mol. The molecule has 0 spiro atoms. The molecule has 1 fully saturated rings.